The van der Waals surface area contributed by atoms with Gasteiger partial charge in [0.15, 0.2) is 0 Å². The lowest BCUT2D eigenvalue weighted by atomic mass is 9.90. The average molecular weight is 243 g/mol. The second kappa shape index (κ2) is 8.48. The molecular formula is C13H25NO3. The zero-order valence-electron chi connectivity index (χ0n) is 11.0. The molecule has 100 valence electrons. The minimum absolute atomic E-state index is 0.214. The number of methoxy groups -OCH3 is 1. The number of carbonyl (C=O) groups excluding carboxylic acids is 1. The Kier molecular flexibility index (Phi) is 7.21. The summed E-state index contributed by atoms with van der Waals surface area (Å²) >= 11 is 0. The fourth-order valence-electron chi connectivity index (χ4n) is 2.33. The van der Waals surface area contributed by atoms with Crippen LogP contribution in [0, 0.1) is 5.92 Å². The first-order valence-corrected chi connectivity index (χ1v) is 6.60. The van der Waals surface area contributed by atoms with Crippen LogP contribution >= 0.6 is 0 Å². The fourth-order valence-corrected chi connectivity index (χ4v) is 2.33. The number of likely N-dealkylation sites (N-methyl/N-ethyl adjacent to an activating group) is 1. The van der Waals surface area contributed by atoms with Crippen molar-refractivity contribution >= 4 is 5.97 Å². The first-order chi connectivity index (χ1) is 8.27. The summed E-state index contributed by atoms with van der Waals surface area (Å²) < 4.78 is 10.3. The molecule has 1 aliphatic rings. The van der Waals surface area contributed by atoms with E-state index in [1.54, 1.807) is 7.05 Å². The topological polar surface area (TPSA) is 47.6 Å². The van der Waals surface area contributed by atoms with E-state index in [1.165, 1.54) is 39.2 Å². The summed E-state index contributed by atoms with van der Waals surface area (Å²) in [5.74, 6) is 0.517. The van der Waals surface area contributed by atoms with Crippen LogP contribution in [0.1, 0.15) is 38.5 Å². The van der Waals surface area contributed by atoms with Gasteiger partial charge in [-0.2, -0.15) is 0 Å². The Balaban J connectivity index is 2.07. The standard InChI is InChI=1S/C13H25NO3/c1-14-12(13(15)16-2)8-9-17-10-11-6-4-3-5-7-11/h11-12,14H,3-10H2,1-2H3. The molecule has 17 heavy (non-hydrogen) atoms. The van der Waals surface area contributed by atoms with Crippen molar-refractivity contribution in [1.82, 2.24) is 5.32 Å². The molecule has 0 spiro atoms. The number of hydrogen-bond acceptors (Lipinski definition) is 4. The Bertz CT molecular complexity index is 215. The molecule has 4 heteroatoms. The van der Waals surface area contributed by atoms with Crippen LogP contribution in [-0.2, 0) is 14.3 Å². The zero-order chi connectivity index (χ0) is 12.5. The fraction of sp³-hybridized carbons (Fsp3) is 0.923. The zero-order valence-corrected chi connectivity index (χ0v) is 11.0. The lowest BCUT2D eigenvalue weighted by Gasteiger charge is -2.21. The average Bonchev–Trinajstić information content (AvgIpc) is 2.39. The van der Waals surface area contributed by atoms with Gasteiger partial charge < -0.3 is 14.8 Å². The van der Waals surface area contributed by atoms with Gasteiger partial charge in [0.2, 0.25) is 0 Å². The molecule has 0 aromatic rings. The van der Waals surface area contributed by atoms with Gasteiger partial charge in [-0.1, -0.05) is 19.3 Å². The van der Waals surface area contributed by atoms with E-state index in [9.17, 15) is 4.79 Å². The molecule has 1 aliphatic carbocycles. The molecule has 0 bridgehead atoms. The second-order valence-electron chi connectivity index (χ2n) is 4.73. The van der Waals surface area contributed by atoms with Crippen LogP contribution in [0.3, 0.4) is 0 Å². The lowest BCUT2D eigenvalue weighted by Crippen LogP contribution is -2.36. The highest BCUT2D eigenvalue weighted by Gasteiger charge is 2.17. The van der Waals surface area contributed by atoms with Crippen molar-refractivity contribution in [3.8, 4) is 0 Å². The predicted molar refractivity (Wildman–Crippen MR) is 66.9 cm³/mol. The largest absolute Gasteiger partial charge is 0.468 e. The molecule has 1 saturated carbocycles. The molecule has 0 saturated heterocycles. The monoisotopic (exact) mass is 243 g/mol. The third-order valence-corrected chi connectivity index (χ3v) is 3.46. The minimum Gasteiger partial charge on any atom is -0.468 e. The van der Waals surface area contributed by atoms with Gasteiger partial charge in [0.25, 0.3) is 0 Å². The van der Waals surface area contributed by atoms with E-state index in [4.69, 9.17) is 9.47 Å². The van der Waals surface area contributed by atoms with Crippen LogP contribution in [0.15, 0.2) is 0 Å². The summed E-state index contributed by atoms with van der Waals surface area (Å²) in [5, 5.41) is 2.94. The minimum atomic E-state index is -0.244. The van der Waals surface area contributed by atoms with Gasteiger partial charge in [0, 0.05) is 13.2 Å². The molecule has 4 nitrogen and oxygen atoms in total. The van der Waals surface area contributed by atoms with Crippen molar-refractivity contribution in [2.24, 2.45) is 5.92 Å². The summed E-state index contributed by atoms with van der Waals surface area (Å²) in [4.78, 5) is 11.3. The van der Waals surface area contributed by atoms with Crippen molar-refractivity contribution in [1.29, 1.82) is 0 Å². The van der Waals surface area contributed by atoms with Gasteiger partial charge in [-0.25, -0.2) is 0 Å². The highest BCUT2D eigenvalue weighted by molar-refractivity contribution is 5.75. The van der Waals surface area contributed by atoms with Crippen LogP contribution in [-0.4, -0.2) is 39.4 Å². The number of ether oxygens (including phenoxy) is 2. The van der Waals surface area contributed by atoms with E-state index in [1.807, 2.05) is 0 Å². The van der Waals surface area contributed by atoms with Gasteiger partial charge in [0.1, 0.15) is 6.04 Å². The molecule has 0 radical (unpaired) electrons. The van der Waals surface area contributed by atoms with Crippen LogP contribution in [0.2, 0.25) is 0 Å². The van der Waals surface area contributed by atoms with E-state index >= 15 is 0 Å². The highest BCUT2D eigenvalue weighted by atomic mass is 16.5. The number of nitrogens with one attached hydrogen (secondary N) is 1. The maximum Gasteiger partial charge on any atom is 0.322 e. The highest BCUT2D eigenvalue weighted by Crippen LogP contribution is 2.23. The van der Waals surface area contributed by atoms with Crippen molar-refractivity contribution in [2.45, 2.75) is 44.6 Å². The number of rotatable bonds is 7. The summed E-state index contributed by atoms with van der Waals surface area (Å²) in [6.07, 6.45) is 7.33. The van der Waals surface area contributed by atoms with Crippen molar-refractivity contribution < 1.29 is 14.3 Å². The maximum atomic E-state index is 11.3. The summed E-state index contributed by atoms with van der Waals surface area (Å²) in [7, 11) is 3.18. The third-order valence-electron chi connectivity index (χ3n) is 3.46. The summed E-state index contributed by atoms with van der Waals surface area (Å²) in [6, 6.07) is -0.244. The Morgan fingerprint density at radius 3 is 2.65 bits per heavy atom. The Morgan fingerprint density at radius 2 is 2.06 bits per heavy atom. The molecule has 0 aliphatic heterocycles. The summed E-state index contributed by atoms with van der Waals surface area (Å²) in [5.41, 5.74) is 0. The van der Waals surface area contributed by atoms with Crippen LogP contribution < -0.4 is 5.32 Å². The molecule has 1 atom stereocenters. The van der Waals surface area contributed by atoms with Crippen molar-refractivity contribution in [2.75, 3.05) is 27.4 Å². The first-order valence-electron chi connectivity index (χ1n) is 6.60. The van der Waals surface area contributed by atoms with E-state index in [2.05, 4.69) is 5.32 Å². The van der Waals surface area contributed by atoms with Crippen molar-refractivity contribution in [3.63, 3.8) is 0 Å². The molecule has 0 amide bonds. The lowest BCUT2D eigenvalue weighted by molar-refractivity contribution is -0.143. The van der Waals surface area contributed by atoms with Gasteiger partial charge in [-0.3, -0.25) is 4.79 Å². The number of esters is 1. The molecule has 0 aromatic carbocycles. The van der Waals surface area contributed by atoms with Gasteiger partial charge in [-0.05, 0) is 32.2 Å². The molecule has 1 fully saturated rings. The van der Waals surface area contributed by atoms with Gasteiger partial charge >= 0.3 is 5.97 Å². The van der Waals surface area contributed by atoms with Crippen LogP contribution in [0.4, 0.5) is 0 Å². The molecule has 1 N–H and O–H groups in total. The Hall–Kier alpha value is -0.610. The van der Waals surface area contributed by atoms with Gasteiger partial charge in [-0.15, -0.1) is 0 Å². The Morgan fingerprint density at radius 1 is 1.35 bits per heavy atom. The molecule has 1 unspecified atom stereocenters. The molecule has 0 aromatic heterocycles. The van der Waals surface area contributed by atoms with Gasteiger partial charge in [0.05, 0.1) is 7.11 Å². The van der Waals surface area contributed by atoms with E-state index in [-0.39, 0.29) is 12.0 Å². The number of carbonyl (C=O) groups is 1. The smallest absolute Gasteiger partial charge is 0.322 e. The van der Waals surface area contributed by atoms with E-state index in [0.717, 1.165) is 12.5 Å². The molecule has 0 heterocycles. The van der Waals surface area contributed by atoms with Crippen LogP contribution in [0.5, 0.6) is 0 Å². The van der Waals surface area contributed by atoms with E-state index in [0.29, 0.717) is 13.0 Å². The molecular weight excluding hydrogens is 218 g/mol. The normalized spacial score (nSPS) is 18.9. The van der Waals surface area contributed by atoms with Crippen LogP contribution in [0.25, 0.3) is 0 Å². The Labute approximate surface area is 104 Å². The predicted octanol–water partition coefficient (Wildman–Crippen LogP) is 1.73. The molecule has 1 rings (SSSR count). The second-order valence-corrected chi connectivity index (χ2v) is 4.73. The maximum absolute atomic E-state index is 11.3. The number of hydrogen-bond donors (Lipinski definition) is 1. The quantitative estimate of drug-likeness (QED) is 0.546. The van der Waals surface area contributed by atoms with Crippen molar-refractivity contribution in [3.05, 3.63) is 0 Å². The third kappa shape index (κ3) is 5.50. The van der Waals surface area contributed by atoms with E-state index < -0.39 is 0 Å². The summed E-state index contributed by atoms with van der Waals surface area (Å²) in [6.45, 7) is 1.47. The SMILES string of the molecule is CNC(CCOCC1CCCCC1)C(=O)OC. The first kappa shape index (κ1) is 14.5.